The summed E-state index contributed by atoms with van der Waals surface area (Å²) in [4.78, 5) is 12.5. The van der Waals surface area contributed by atoms with E-state index in [0.717, 1.165) is 17.3 Å². The molecule has 2 nitrogen and oxygen atoms in total. The monoisotopic (exact) mass is 310 g/mol. The van der Waals surface area contributed by atoms with Crippen molar-refractivity contribution in [1.82, 2.24) is 0 Å². The Morgan fingerprint density at radius 3 is 2.61 bits per heavy atom. The van der Waals surface area contributed by atoms with Crippen molar-refractivity contribution in [2.45, 2.75) is 38.5 Å². The summed E-state index contributed by atoms with van der Waals surface area (Å²) in [6, 6.07) is 6.22. The van der Waals surface area contributed by atoms with Crippen LogP contribution >= 0.6 is 15.9 Å². The number of halogens is 1. The zero-order valence-electron chi connectivity index (χ0n) is 11.0. The van der Waals surface area contributed by atoms with Crippen molar-refractivity contribution in [3.8, 4) is 0 Å². The van der Waals surface area contributed by atoms with Gasteiger partial charge in [0.25, 0.3) is 0 Å². The van der Waals surface area contributed by atoms with Gasteiger partial charge < -0.3 is 4.74 Å². The lowest BCUT2D eigenvalue weighted by Gasteiger charge is -2.37. The number of ketones is 1. The third kappa shape index (κ3) is 2.39. The molecule has 18 heavy (non-hydrogen) atoms. The van der Waals surface area contributed by atoms with Crippen molar-refractivity contribution < 1.29 is 9.53 Å². The minimum Gasteiger partial charge on any atom is -0.381 e. The van der Waals surface area contributed by atoms with Crippen LogP contribution in [-0.4, -0.2) is 19.0 Å². The number of ether oxygens (including phenoxy) is 1. The van der Waals surface area contributed by atoms with E-state index in [-0.39, 0.29) is 5.41 Å². The zero-order chi connectivity index (χ0) is 13.2. The second-order valence-electron chi connectivity index (χ2n) is 4.93. The average molecular weight is 311 g/mol. The highest BCUT2D eigenvalue weighted by Crippen LogP contribution is 2.39. The average Bonchev–Trinajstić information content (AvgIpc) is 2.38. The summed E-state index contributed by atoms with van der Waals surface area (Å²) in [5, 5.41) is 0. The quantitative estimate of drug-likeness (QED) is 0.849. The van der Waals surface area contributed by atoms with Crippen molar-refractivity contribution in [3.05, 3.63) is 33.8 Å². The first-order valence-corrected chi connectivity index (χ1v) is 7.27. The van der Waals surface area contributed by atoms with Crippen LogP contribution < -0.4 is 0 Å². The van der Waals surface area contributed by atoms with Crippen LogP contribution in [0, 0.1) is 6.92 Å². The van der Waals surface area contributed by atoms with Crippen molar-refractivity contribution in [2.24, 2.45) is 0 Å². The van der Waals surface area contributed by atoms with Gasteiger partial charge in [0.15, 0.2) is 0 Å². The molecule has 1 heterocycles. The van der Waals surface area contributed by atoms with Gasteiger partial charge >= 0.3 is 0 Å². The number of aryl methyl sites for hydroxylation is 1. The highest BCUT2D eigenvalue weighted by molar-refractivity contribution is 9.10. The summed E-state index contributed by atoms with van der Waals surface area (Å²) in [7, 11) is 0. The number of hydrogen-bond donors (Lipinski definition) is 0. The summed E-state index contributed by atoms with van der Waals surface area (Å²) in [5.41, 5.74) is 2.05. The molecule has 3 heteroatoms. The Balaban J connectivity index is 2.48. The van der Waals surface area contributed by atoms with E-state index in [9.17, 15) is 4.79 Å². The zero-order valence-corrected chi connectivity index (χ0v) is 12.5. The number of benzene rings is 1. The second-order valence-corrected chi connectivity index (χ2v) is 5.85. The van der Waals surface area contributed by atoms with E-state index in [1.165, 1.54) is 11.1 Å². The lowest BCUT2D eigenvalue weighted by atomic mass is 9.69. The number of Topliss-reactive ketones (excluding diaryl/α,β-unsaturated/α-hetero) is 1. The molecule has 0 radical (unpaired) electrons. The van der Waals surface area contributed by atoms with E-state index >= 15 is 0 Å². The Labute approximate surface area is 117 Å². The molecule has 1 fully saturated rings. The summed E-state index contributed by atoms with van der Waals surface area (Å²) < 4.78 is 6.51. The summed E-state index contributed by atoms with van der Waals surface area (Å²) >= 11 is 3.48. The molecule has 1 aromatic rings. The Hall–Kier alpha value is -0.670. The fraction of sp³-hybridized carbons (Fsp3) is 0.533. The van der Waals surface area contributed by atoms with Crippen molar-refractivity contribution in [3.63, 3.8) is 0 Å². The van der Waals surface area contributed by atoms with Gasteiger partial charge in [0.05, 0.1) is 5.41 Å². The molecule has 0 atom stereocenters. The van der Waals surface area contributed by atoms with Crippen LogP contribution in [-0.2, 0) is 14.9 Å². The predicted molar refractivity (Wildman–Crippen MR) is 75.9 cm³/mol. The molecular weight excluding hydrogens is 292 g/mol. The number of rotatable bonds is 3. The van der Waals surface area contributed by atoms with Gasteiger partial charge in [0.2, 0.25) is 0 Å². The summed E-state index contributed by atoms with van der Waals surface area (Å²) in [6.07, 6.45) is 2.21. The second kappa shape index (κ2) is 5.54. The molecule has 0 saturated carbocycles. The minimum atomic E-state index is -0.322. The topological polar surface area (TPSA) is 26.3 Å². The first-order valence-electron chi connectivity index (χ1n) is 6.48. The molecule has 0 amide bonds. The van der Waals surface area contributed by atoms with Crippen molar-refractivity contribution in [2.75, 3.05) is 13.2 Å². The first-order chi connectivity index (χ1) is 8.60. The Morgan fingerprint density at radius 2 is 2.06 bits per heavy atom. The van der Waals surface area contributed by atoms with Gasteiger partial charge in [-0.15, -0.1) is 0 Å². The fourth-order valence-electron chi connectivity index (χ4n) is 2.92. The van der Waals surface area contributed by atoms with Gasteiger partial charge in [0.1, 0.15) is 5.78 Å². The van der Waals surface area contributed by atoms with E-state index in [4.69, 9.17) is 4.74 Å². The molecule has 0 aliphatic carbocycles. The minimum absolute atomic E-state index is 0.322. The van der Waals surface area contributed by atoms with E-state index in [1.807, 2.05) is 13.0 Å². The Kier molecular flexibility index (Phi) is 4.23. The van der Waals surface area contributed by atoms with Gasteiger partial charge in [-0.05, 0) is 43.0 Å². The molecule has 0 bridgehead atoms. The fourth-order valence-corrected chi connectivity index (χ4v) is 3.40. The van der Waals surface area contributed by atoms with Crippen LogP contribution in [0.25, 0.3) is 0 Å². The van der Waals surface area contributed by atoms with Crippen LogP contribution in [0.4, 0.5) is 0 Å². The lowest BCUT2D eigenvalue weighted by Crippen LogP contribution is -2.41. The lowest BCUT2D eigenvalue weighted by molar-refractivity contribution is -0.128. The van der Waals surface area contributed by atoms with Crippen LogP contribution in [0.2, 0.25) is 0 Å². The maximum atomic E-state index is 12.5. The molecule has 0 aromatic heterocycles. The molecule has 1 saturated heterocycles. The van der Waals surface area contributed by atoms with Gasteiger partial charge in [-0.2, -0.15) is 0 Å². The van der Waals surface area contributed by atoms with Crippen molar-refractivity contribution in [1.29, 1.82) is 0 Å². The highest BCUT2D eigenvalue weighted by atomic mass is 79.9. The molecule has 0 N–H and O–H groups in total. The maximum absolute atomic E-state index is 12.5. The van der Waals surface area contributed by atoms with Gasteiger partial charge in [-0.1, -0.05) is 28.9 Å². The van der Waals surface area contributed by atoms with Crippen LogP contribution in [0.3, 0.4) is 0 Å². The number of carbonyl (C=O) groups is 1. The summed E-state index contributed by atoms with van der Waals surface area (Å²) in [6.45, 7) is 5.40. The predicted octanol–water partition coefficient (Wildman–Crippen LogP) is 3.78. The summed E-state index contributed by atoms with van der Waals surface area (Å²) in [5.74, 6) is 0.344. The van der Waals surface area contributed by atoms with Gasteiger partial charge in [0, 0.05) is 24.1 Å². The molecular formula is C15H19BrO2. The number of carbonyl (C=O) groups excluding carboxylic acids is 1. The normalized spacial score (nSPS) is 18.6. The molecule has 0 unspecified atom stereocenters. The van der Waals surface area contributed by atoms with Crippen molar-refractivity contribution >= 4 is 21.7 Å². The molecule has 0 spiro atoms. The van der Waals surface area contributed by atoms with Crippen LogP contribution in [0.15, 0.2) is 22.7 Å². The van der Waals surface area contributed by atoms with E-state index < -0.39 is 0 Å². The largest absolute Gasteiger partial charge is 0.381 e. The maximum Gasteiger partial charge on any atom is 0.143 e. The van der Waals surface area contributed by atoms with Crippen LogP contribution in [0.1, 0.15) is 37.3 Å². The Morgan fingerprint density at radius 1 is 1.39 bits per heavy atom. The van der Waals surface area contributed by atoms with Gasteiger partial charge in [-0.25, -0.2) is 0 Å². The smallest absolute Gasteiger partial charge is 0.143 e. The SMILES string of the molecule is CCC(=O)C1(c2ccc(Br)cc2C)CCOCC1. The molecule has 2 rings (SSSR count). The Bertz CT molecular complexity index is 448. The van der Waals surface area contributed by atoms with E-state index in [2.05, 4.69) is 35.0 Å². The molecule has 1 aliphatic rings. The van der Waals surface area contributed by atoms with E-state index in [0.29, 0.717) is 25.4 Å². The third-order valence-corrected chi connectivity index (χ3v) is 4.40. The molecule has 98 valence electrons. The molecule has 1 aliphatic heterocycles. The van der Waals surface area contributed by atoms with Crippen LogP contribution in [0.5, 0.6) is 0 Å². The van der Waals surface area contributed by atoms with E-state index in [1.54, 1.807) is 0 Å². The third-order valence-electron chi connectivity index (χ3n) is 3.91. The standard InChI is InChI=1S/C15H19BrO2/c1-3-14(17)15(6-8-18-9-7-15)13-5-4-12(16)10-11(13)2/h4-5,10H,3,6-9H2,1-2H3. The highest BCUT2D eigenvalue weighted by Gasteiger charge is 2.41. The van der Waals surface area contributed by atoms with Gasteiger partial charge in [-0.3, -0.25) is 4.79 Å². The first kappa shape index (κ1) is 13.8. The molecule has 1 aromatic carbocycles. The number of hydrogen-bond acceptors (Lipinski definition) is 2.